The van der Waals surface area contributed by atoms with Crippen molar-refractivity contribution < 1.29 is 4.79 Å². The zero-order valence-corrected chi connectivity index (χ0v) is 12.9. The number of hydrogen-bond acceptors (Lipinski definition) is 4. The lowest BCUT2D eigenvalue weighted by atomic mass is 9.95. The third-order valence-corrected chi connectivity index (χ3v) is 5.23. The van der Waals surface area contributed by atoms with E-state index >= 15 is 0 Å². The molecule has 3 atom stereocenters. The summed E-state index contributed by atoms with van der Waals surface area (Å²) in [6, 6.07) is 2.36. The average Bonchev–Trinajstić information content (AvgIpc) is 2.97. The van der Waals surface area contributed by atoms with E-state index in [4.69, 9.17) is 0 Å². The number of aromatic nitrogens is 2. The monoisotopic (exact) mass is 291 g/mol. The average molecular weight is 291 g/mol. The summed E-state index contributed by atoms with van der Waals surface area (Å²) in [6.07, 6.45) is 5.16. The van der Waals surface area contributed by atoms with E-state index in [9.17, 15) is 4.79 Å². The summed E-state index contributed by atoms with van der Waals surface area (Å²) in [5.74, 6) is 2.12. The van der Waals surface area contributed by atoms with Crippen molar-refractivity contribution in [3.05, 3.63) is 17.5 Å². The minimum absolute atomic E-state index is 0.121. The first-order chi connectivity index (χ1) is 9.60. The summed E-state index contributed by atoms with van der Waals surface area (Å²) >= 11 is 1.43. The number of thioether (sulfide) groups is 1. The quantitative estimate of drug-likeness (QED) is 0.684. The van der Waals surface area contributed by atoms with Gasteiger partial charge in [0.1, 0.15) is 0 Å². The van der Waals surface area contributed by atoms with Gasteiger partial charge in [-0.1, -0.05) is 18.2 Å². The molecular formula is C15H21N3OS. The molecule has 3 rings (SSSR count). The number of amides is 1. The van der Waals surface area contributed by atoms with Crippen molar-refractivity contribution in [3.63, 3.8) is 0 Å². The Morgan fingerprint density at radius 2 is 2.05 bits per heavy atom. The second kappa shape index (κ2) is 5.72. The molecule has 2 saturated carbocycles. The molecule has 1 heterocycles. The first kappa shape index (κ1) is 13.9. The molecule has 1 aromatic heterocycles. The highest BCUT2D eigenvalue weighted by molar-refractivity contribution is 7.99. The molecule has 0 saturated heterocycles. The van der Waals surface area contributed by atoms with Crippen LogP contribution < -0.4 is 5.32 Å². The van der Waals surface area contributed by atoms with E-state index in [-0.39, 0.29) is 5.91 Å². The minimum atomic E-state index is 0.121. The first-order valence-corrected chi connectivity index (χ1v) is 8.33. The second-order valence-corrected chi connectivity index (χ2v) is 7.01. The fraction of sp³-hybridized carbons (Fsp3) is 0.667. The maximum Gasteiger partial charge on any atom is 0.230 e. The lowest BCUT2D eigenvalue weighted by Crippen LogP contribution is -2.39. The zero-order chi connectivity index (χ0) is 14.1. The van der Waals surface area contributed by atoms with Gasteiger partial charge in [0.15, 0.2) is 5.16 Å². The summed E-state index contributed by atoms with van der Waals surface area (Å²) in [5.41, 5.74) is 1.90. The summed E-state index contributed by atoms with van der Waals surface area (Å²) < 4.78 is 0. The standard InChI is InChI=1S/C15H21N3OS/c1-9-5-10(2)17-15(16-9)20-8-14(19)18-13-7-11-3-4-12(13)6-11/h5,11-13H,3-4,6-8H2,1-2H3,(H,18,19). The molecule has 2 aliphatic rings. The van der Waals surface area contributed by atoms with Crippen molar-refractivity contribution in [1.29, 1.82) is 0 Å². The van der Waals surface area contributed by atoms with Gasteiger partial charge in [0.05, 0.1) is 5.75 Å². The smallest absolute Gasteiger partial charge is 0.230 e. The van der Waals surface area contributed by atoms with E-state index in [0.717, 1.165) is 23.2 Å². The summed E-state index contributed by atoms with van der Waals surface area (Å²) in [7, 11) is 0. The van der Waals surface area contributed by atoms with Gasteiger partial charge in [0.2, 0.25) is 5.91 Å². The van der Waals surface area contributed by atoms with E-state index in [2.05, 4.69) is 15.3 Å². The van der Waals surface area contributed by atoms with Crippen LogP contribution in [0.15, 0.2) is 11.2 Å². The van der Waals surface area contributed by atoms with Crippen LogP contribution in [0.4, 0.5) is 0 Å². The van der Waals surface area contributed by atoms with E-state index in [1.54, 1.807) is 0 Å². The SMILES string of the molecule is Cc1cc(C)nc(SCC(=O)NC2CC3CCC2C3)n1. The molecule has 3 unspecified atom stereocenters. The predicted octanol–water partition coefficient (Wildman–Crippen LogP) is 2.49. The van der Waals surface area contributed by atoms with Gasteiger partial charge in [-0.05, 0) is 51.0 Å². The van der Waals surface area contributed by atoms with Crippen LogP contribution in [0.25, 0.3) is 0 Å². The Labute approximate surface area is 124 Å². The summed E-state index contributed by atoms with van der Waals surface area (Å²) in [4.78, 5) is 20.7. The molecule has 2 aliphatic carbocycles. The number of nitrogens with zero attached hydrogens (tertiary/aromatic N) is 2. The van der Waals surface area contributed by atoms with E-state index in [1.165, 1.54) is 37.4 Å². The first-order valence-electron chi connectivity index (χ1n) is 7.34. The van der Waals surface area contributed by atoms with E-state index in [1.807, 2.05) is 19.9 Å². The number of carbonyl (C=O) groups is 1. The second-order valence-electron chi connectivity index (χ2n) is 6.07. The highest BCUT2D eigenvalue weighted by Gasteiger charge is 2.39. The Kier molecular flexibility index (Phi) is 3.96. The largest absolute Gasteiger partial charge is 0.352 e. The van der Waals surface area contributed by atoms with Gasteiger partial charge in [-0.15, -0.1) is 0 Å². The van der Waals surface area contributed by atoms with Crippen LogP contribution in [-0.4, -0.2) is 27.7 Å². The lowest BCUT2D eigenvalue weighted by Gasteiger charge is -2.22. The fourth-order valence-electron chi connectivity index (χ4n) is 3.56. The van der Waals surface area contributed by atoms with Crippen LogP contribution in [0.3, 0.4) is 0 Å². The molecule has 2 bridgehead atoms. The maximum atomic E-state index is 12.0. The molecular weight excluding hydrogens is 270 g/mol. The number of hydrogen-bond donors (Lipinski definition) is 1. The predicted molar refractivity (Wildman–Crippen MR) is 79.6 cm³/mol. The van der Waals surface area contributed by atoms with Crippen molar-refractivity contribution in [3.8, 4) is 0 Å². The Morgan fingerprint density at radius 3 is 2.65 bits per heavy atom. The number of carbonyl (C=O) groups excluding carboxylic acids is 1. The van der Waals surface area contributed by atoms with Crippen molar-refractivity contribution >= 4 is 17.7 Å². The van der Waals surface area contributed by atoms with Crippen LogP contribution in [0.1, 0.15) is 37.1 Å². The molecule has 0 spiro atoms. The molecule has 1 N–H and O–H groups in total. The van der Waals surface area contributed by atoms with Gasteiger partial charge in [-0.25, -0.2) is 9.97 Å². The van der Waals surface area contributed by atoms with Crippen LogP contribution in [0, 0.1) is 25.7 Å². The molecule has 1 amide bonds. The third-order valence-electron chi connectivity index (χ3n) is 4.38. The van der Waals surface area contributed by atoms with Crippen LogP contribution in [-0.2, 0) is 4.79 Å². The van der Waals surface area contributed by atoms with Gasteiger partial charge in [-0.3, -0.25) is 4.79 Å². The van der Waals surface area contributed by atoms with Crippen molar-refractivity contribution in [1.82, 2.24) is 15.3 Å². The Morgan fingerprint density at radius 1 is 1.30 bits per heavy atom. The molecule has 0 aliphatic heterocycles. The van der Waals surface area contributed by atoms with Gasteiger partial charge in [0, 0.05) is 17.4 Å². The van der Waals surface area contributed by atoms with Crippen LogP contribution in [0.2, 0.25) is 0 Å². The minimum Gasteiger partial charge on any atom is -0.352 e. The summed E-state index contributed by atoms with van der Waals surface area (Å²) in [5, 5.41) is 3.89. The normalized spacial score (nSPS) is 27.8. The highest BCUT2D eigenvalue weighted by Crippen LogP contribution is 2.44. The number of aryl methyl sites for hydroxylation is 2. The number of fused-ring (bicyclic) bond motifs is 2. The number of nitrogens with one attached hydrogen (secondary N) is 1. The summed E-state index contributed by atoms with van der Waals surface area (Å²) in [6.45, 7) is 3.90. The van der Waals surface area contributed by atoms with E-state index in [0.29, 0.717) is 17.0 Å². The van der Waals surface area contributed by atoms with Gasteiger partial charge < -0.3 is 5.32 Å². The number of rotatable bonds is 4. The molecule has 0 radical (unpaired) electrons. The van der Waals surface area contributed by atoms with Crippen molar-refractivity contribution in [2.24, 2.45) is 11.8 Å². The van der Waals surface area contributed by atoms with Gasteiger partial charge in [-0.2, -0.15) is 0 Å². The van der Waals surface area contributed by atoms with Crippen molar-refractivity contribution in [2.75, 3.05) is 5.75 Å². The zero-order valence-electron chi connectivity index (χ0n) is 12.1. The molecule has 20 heavy (non-hydrogen) atoms. The maximum absolute atomic E-state index is 12.0. The Hall–Kier alpha value is -1.10. The Balaban J connectivity index is 1.49. The van der Waals surface area contributed by atoms with Crippen LogP contribution in [0.5, 0.6) is 0 Å². The van der Waals surface area contributed by atoms with Crippen molar-refractivity contribution in [2.45, 2.75) is 50.7 Å². The molecule has 5 heteroatoms. The highest BCUT2D eigenvalue weighted by atomic mass is 32.2. The van der Waals surface area contributed by atoms with Gasteiger partial charge >= 0.3 is 0 Å². The molecule has 4 nitrogen and oxygen atoms in total. The molecule has 108 valence electrons. The van der Waals surface area contributed by atoms with Gasteiger partial charge in [0.25, 0.3) is 0 Å². The lowest BCUT2D eigenvalue weighted by molar-refractivity contribution is -0.119. The topological polar surface area (TPSA) is 54.9 Å². The molecule has 2 fully saturated rings. The third kappa shape index (κ3) is 3.14. The van der Waals surface area contributed by atoms with Crippen LogP contribution >= 0.6 is 11.8 Å². The molecule has 0 aromatic carbocycles. The Bertz CT molecular complexity index is 500. The van der Waals surface area contributed by atoms with E-state index < -0.39 is 0 Å². The molecule has 1 aromatic rings. The fourth-order valence-corrected chi connectivity index (χ4v) is 4.32.